The molecule has 2 bridgehead atoms. The van der Waals surface area contributed by atoms with E-state index in [4.69, 9.17) is 23.7 Å². The quantitative estimate of drug-likeness (QED) is 0.0872. The predicted octanol–water partition coefficient (Wildman–Crippen LogP) is 5.48. The maximum absolute atomic E-state index is 14.5. The van der Waals surface area contributed by atoms with Crippen molar-refractivity contribution < 1.29 is 58.5 Å². The zero-order chi connectivity index (χ0) is 45.6. The number of esters is 1. The molecule has 3 aromatic rings. The van der Waals surface area contributed by atoms with E-state index in [0.717, 1.165) is 67.2 Å². The van der Waals surface area contributed by atoms with Crippen LogP contribution in [0.25, 0.3) is 16.5 Å². The average Bonchev–Trinajstić information content (AvgIpc) is 3.98. The van der Waals surface area contributed by atoms with Crippen LogP contribution < -0.4 is 14.2 Å². The molecule has 0 amide bonds. The molecular weight excluding hydrogens is 833 g/mol. The minimum absolute atomic E-state index is 0.00649. The first-order chi connectivity index (χ1) is 31.6. The number of rotatable bonds is 12. The Morgan fingerprint density at radius 2 is 1.91 bits per heavy atom. The van der Waals surface area contributed by atoms with Gasteiger partial charge >= 0.3 is 5.97 Å². The summed E-state index contributed by atoms with van der Waals surface area (Å²) in [5.41, 5.74) is 3.43. The predicted molar refractivity (Wildman–Crippen MR) is 241 cm³/mol. The summed E-state index contributed by atoms with van der Waals surface area (Å²) in [5, 5.41) is 47.2. The number of H-pyrrole nitrogens is 1. The number of nitrogens with zero attached hydrogens (tertiary/aromatic N) is 1. The number of methoxy groups -OCH3 is 1. The average molecular weight is 897 g/mol. The third-order valence-corrected chi connectivity index (χ3v) is 15.6. The van der Waals surface area contributed by atoms with Crippen LogP contribution in [-0.2, 0) is 43.3 Å². The number of aryl methyl sites for hydroxylation is 1. The van der Waals surface area contributed by atoms with Crippen LogP contribution in [0.3, 0.4) is 0 Å². The number of allylic oxidation sites excluding steroid dienone is 3. The van der Waals surface area contributed by atoms with E-state index in [1.165, 1.54) is 0 Å². The van der Waals surface area contributed by atoms with Crippen molar-refractivity contribution in [2.45, 2.75) is 115 Å². The zero-order valence-electron chi connectivity index (χ0n) is 37.9. The van der Waals surface area contributed by atoms with E-state index in [0.29, 0.717) is 72.0 Å². The minimum atomic E-state index is -1.23. The number of hydrogen-bond donors (Lipinski definition) is 5. The van der Waals surface area contributed by atoms with E-state index in [-0.39, 0.29) is 85.3 Å². The second kappa shape index (κ2) is 19.0. The van der Waals surface area contributed by atoms with Gasteiger partial charge in [0.15, 0.2) is 6.29 Å². The van der Waals surface area contributed by atoms with Crippen LogP contribution in [0.1, 0.15) is 105 Å². The number of ether oxygens (including phenoxy) is 5. The highest BCUT2D eigenvalue weighted by molar-refractivity contribution is 6.11. The van der Waals surface area contributed by atoms with Crippen molar-refractivity contribution in [3.8, 4) is 17.2 Å². The van der Waals surface area contributed by atoms with Crippen molar-refractivity contribution in [3.05, 3.63) is 69.1 Å². The highest BCUT2D eigenvalue weighted by Gasteiger charge is 2.57. The van der Waals surface area contributed by atoms with Crippen molar-refractivity contribution in [3.63, 3.8) is 0 Å². The van der Waals surface area contributed by atoms with Gasteiger partial charge < -0.3 is 54.0 Å². The van der Waals surface area contributed by atoms with Crippen LogP contribution >= 0.6 is 0 Å². The van der Waals surface area contributed by atoms with Crippen LogP contribution in [0.2, 0.25) is 0 Å². The number of nitrogens with one attached hydrogen (secondary N) is 1. The number of aldehydes is 1. The second-order valence-electron chi connectivity index (χ2n) is 19.0. The van der Waals surface area contributed by atoms with E-state index >= 15 is 0 Å². The molecule has 4 aliphatic heterocycles. The van der Waals surface area contributed by atoms with Gasteiger partial charge in [-0.1, -0.05) is 18.9 Å². The van der Waals surface area contributed by atoms with Crippen LogP contribution in [0, 0.1) is 23.7 Å². The van der Waals surface area contributed by atoms with E-state index < -0.39 is 42.7 Å². The molecule has 8 unspecified atom stereocenters. The largest absolute Gasteiger partial charge is 0.492 e. The van der Waals surface area contributed by atoms with Crippen LogP contribution in [0.5, 0.6) is 17.2 Å². The Hall–Kier alpha value is -4.57. The summed E-state index contributed by atoms with van der Waals surface area (Å²) >= 11 is 0. The molecular formula is C51H64N2O12. The third kappa shape index (κ3) is 7.91. The molecule has 8 atom stereocenters. The topological polar surface area (TPSA) is 197 Å². The fourth-order valence-electron chi connectivity index (χ4n) is 12.6. The highest BCUT2D eigenvalue weighted by Crippen LogP contribution is 2.59. The Balaban J connectivity index is 1.23. The lowest BCUT2D eigenvalue weighted by molar-refractivity contribution is -0.163. The molecule has 9 rings (SSSR count). The number of aromatic amines is 1. The van der Waals surface area contributed by atoms with Crippen LogP contribution in [0.4, 0.5) is 0 Å². The number of aliphatic hydroxyl groups excluding tert-OH is 3. The van der Waals surface area contributed by atoms with Gasteiger partial charge in [-0.3, -0.25) is 9.59 Å². The van der Waals surface area contributed by atoms with Crippen molar-refractivity contribution in [1.29, 1.82) is 0 Å². The summed E-state index contributed by atoms with van der Waals surface area (Å²) in [6, 6.07) is 6.31. The lowest BCUT2D eigenvalue weighted by Gasteiger charge is -2.55. The number of carbonyl (C=O) groups excluding carboxylic acids is 3. The van der Waals surface area contributed by atoms with E-state index in [9.17, 15) is 34.8 Å². The first-order valence-electron chi connectivity index (χ1n) is 23.8. The van der Waals surface area contributed by atoms with Gasteiger partial charge in [0.25, 0.3) is 0 Å². The normalized spacial score (nSPS) is 29.0. The number of likely N-dealkylation sites (tertiary alicyclic amines) is 1. The van der Waals surface area contributed by atoms with Crippen LogP contribution in [0.15, 0.2) is 41.3 Å². The number of carbonyl (C=O) groups is 3. The summed E-state index contributed by atoms with van der Waals surface area (Å²) in [5.74, 6) is -2.44. The van der Waals surface area contributed by atoms with Crippen LogP contribution in [-0.4, -0.2) is 119 Å². The smallest absolute Gasteiger partial charge is 0.375 e. The monoisotopic (exact) mass is 896 g/mol. The van der Waals surface area contributed by atoms with Gasteiger partial charge in [-0.2, -0.15) is 0 Å². The Kier molecular flexibility index (Phi) is 13.3. The number of piperidine rings is 1. The molecule has 2 saturated carbocycles. The third-order valence-electron chi connectivity index (χ3n) is 15.6. The molecule has 5 heterocycles. The number of aromatic nitrogens is 1. The van der Waals surface area contributed by atoms with Gasteiger partial charge in [-0.25, -0.2) is 4.79 Å². The molecule has 6 aliphatic rings. The highest BCUT2D eigenvalue weighted by atomic mass is 16.6. The molecule has 1 aromatic heterocycles. The van der Waals surface area contributed by atoms with Gasteiger partial charge in [0, 0.05) is 79.9 Å². The first-order valence-corrected chi connectivity index (χ1v) is 23.8. The number of hydrogen-bond acceptors (Lipinski definition) is 13. The standard InChI is InChI=1S/C51H64N2O12/c1-4-41-33-8-6-13-51(60,39(33)12-16-53(41)15-7-17-61-3)42-22-36-46(64-42)38(26-57)48-44-43(37(25-56)49(65-48)50(59)62-5-2)31-18-32(24-55)45(58)35(20-31)34-19-30-11-14-52-40(30)21-29(34)10-9-28(23-54)27-63-47(36)44/h11,14,19,21,25,28,32-33,35,39,41-42,52,54-55,57,60H,4-10,12-13,15-18,20,22-24,26-27H2,1-3H3. The molecule has 2 aromatic carbocycles. The Morgan fingerprint density at radius 1 is 1.06 bits per heavy atom. The molecule has 14 nitrogen and oxygen atoms in total. The maximum atomic E-state index is 14.5. The Bertz CT molecular complexity index is 2380. The number of Topliss-reactive ketones (excluding diaryl/α,β-unsaturated/α-hetero) is 1. The molecule has 0 spiro atoms. The van der Waals surface area contributed by atoms with Crippen molar-refractivity contribution in [2.24, 2.45) is 23.7 Å². The molecule has 5 N–H and O–H groups in total. The number of aliphatic hydroxyl groups is 4. The Morgan fingerprint density at radius 3 is 2.65 bits per heavy atom. The number of fused-ring (bicyclic) bond motifs is 8. The maximum Gasteiger partial charge on any atom is 0.375 e. The summed E-state index contributed by atoms with van der Waals surface area (Å²) in [6.07, 6.45) is 8.25. The molecule has 0 radical (unpaired) electrons. The molecule has 350 valence electrons. The van der Waals surface area contributed by atoms with Crippen molar-refractivity contribution in [2.75, 3.05) is 53.2 Å². The SMILES string of the molecule is CCOC(=O)C1=C(C=O)C2=C3CC(CO)C(=O)C(C3)c3cc4cc[nH]c4cc3CCC(CO)COc3c4c(c(CO)c(c32)O1)OC(C1(O)CCCC2C(CC)N(CCCOC)CCC21)C4. The first kappa shape index (κ1) is 45.6. The zero-order valence-corrected chi connectivity index (χ0v) is 37.9. The summed E-state index contributed by atoms with van der Waals surface area (Å²) in [4.78, 5) is 47.8. The summed E-state index contributed by atoms with van der Waals surface area (Å²) < 4.78 is 31.3. The molecule has 1 saturated heterocycles. The summed E-state index contributed by atoms with van der Waals surface area (Å²) in [6.45, 7) is 5.17. The fraction of sp³-hybridized carbons (Fsp3) is 0.588. The summed E-state index contributed by atoms with van der Waals surface area (Å²) in [7, 11) is 1.73. The number of ketones is 1. The van der Waals surface area contributed by atoms with E-state index in [1.807, 2.05) is 24.4 Å². The molecule has 65 heavy (non-hydrogen) atoms. The van der Waals surface area contributed by atoms with E-state index in [1.54, 1.807) is 14.0 Å². The van der Waals surface area contributed by atoms with Gasteiger partial charge in [-0.05, 0) is 118 Å². The van der Waals surface area contributed by atoms with Crippen molar-refractivity contribution in [1.82, 2.24) is 9.88 Å². The van der Waals surface area contributed by atoms with Gasteiger partial charge in [0.2, 0.25) is 5.76 Å². The minimum Gasteiger partial charge on any atom is -0.492 e. The van der Waals surface area contributed by atoms with Gasteiger partial charge in [0.1, 0.15) is 34.7 Å². The molecule has 2 aliphatic carbocycles. The van der Waals surface area contributed by atoms with E-state index in [2.05, 4.69) is 16.8 Å². The fourth-order valence-corrected chi connectivity index (χ4v) is 12.6. The molecule has 3 fully saturated rings. The van der Waals surface area contributed by atoms with Crippen molar-refractivity contribution >= 4 is 34.5 Å². The van der Waals surface area contributed by atoms with Gasteiger partial charge in [0.05, 0.1) is 43.1 Å². The lowest BCUT2D eigenvalue weighted by atomic mass is 9.60. The lowest BCUT2D eigenvalue weighted by Crippen LogP contribution is -2.62. The second-order valence-corrected chi connectivity index (χ2v) is 19.0. The number of benzene rings is 2. The molecule has 14 heteroatoms. The van der Waals surface area contributed by atoms with Gasteiger partial charge in [-0.15, -0.1) is 0 Å². The Labute approximate surface area is 379 Å².